The average molecular weight is 297 g/mol. The van der Waals surface area contributed by atoms with Gasteiger partial charge in [0.2, 0.25) is 0 Å². The molecule has 0 aliphatic heterocycles. The number of oxime groups is 1. The molecule has 1 aromatic carbocycles. The molecule has 0 atom stereocenters. The minimum atomic E-state index is -1.09. The van der Waals surface area contributed by atoms with Crippen molar-refractivity contribution in [1.29, 1.82) is 0 Å². The monoisotopic (exact) mass is 297 g/mol. The van der Waals surface area contributed by atoms with Crippen molar-refractivity contribution in [2.75, 3.05) is 0 Å². The molecule has 21 heavy (non-hydrogen) atoms. The highest BCUT2D eigenvalue weighted by Gasteiger charge is 2.38. The number of carbonyl (C=O) groups is 1. The van der Waals surface area contributed by atoms with E-state index in [9.17, 15) is 13.6 Å². The van der Waals surface area contributed by atoms with E-state index in [0.29, 0.717) is 12.8 Å². The SMILES string of the molecule is N/C(=N/O)C1(NC(=O)c2ccc(F)c(F)c2)CCCCC1. The topological polar surface area (TPSA) is 87.7 Å². The predicted molar refractivity (Wildman–Crippen MR) is 73.0 cm³/mol. The first-order valence-corrected chi connectivity index (χ1v) is 6.74. The molecule has 1 aliphatic rings. The number of nitrogens with zero attached hydrogens (tertiary/aromatic N) is 1. The van der Waals surface area contributed by atoms with Crippen molar-refractivity contribution in [1.82, 2.24) is 5.32 Å². The lowest BCUT2D eigenvalue weighted by Gasteiger charge is -2.36. The van der Waals surface area contributed by atoms with E-state index in [1.807, 2.05) is 0 Å². The minimum Gasteiger partial charge on any atom is -0.409 e. The van der Waals surface area contributed by atoms with E-state index in [1.165, 1.54) is 6.07 Å². The Balaban J connectivity index is 2.23. The van der Waals surface area contributed by atoms with Crippen molar-refractivity contribution in [2.45, 2.75) is 37.6 Å². The first kappa shape index (κ1) is 15.2. The number of halogens is 2. The maximum absolute atomic E-state index is 13.2. The zero-order valence-electron chi connectivity index (χ0n) is 11.4. The van der Waals surface area contributed by atoms with Gasteiger partial charge in [0.15, 0.2) is 17.5 Å². The summed E-state index contributed by atoms with van der Waals surface area (Å²) in [6, 6.07) is 2.91. The summed E-state index contributed by atoms with van der Waals surface area (Å²) in [4.78, 5) is 12.2. The molecule has 2 rings (SSSR count). The number of hydrogen-bond acceptors (Lipinski definition) is 3. The third-order valence-electron chi connectivity index (χ3n) is 3.84. The van der Waals surface area contributed by atoms with Gasteiger partial charge in [-0.3, -0.25) is 4.79 Å². The number of rotatable bonds is 3. The second kappa shape index (κ2) is 6.07. The van der Waals surface area contributed by atoms with E-state index in [0.717, 1.165) is 31.4 Å². The fourth-order valence-corrected chi connectivity index (χ4v) is 2.62. The molecule has 7 heteroatoms. The van der Waals surface area contributed by atoms with Crippen molar-refractivity contribution in [2.24, 2.45) is 10.9 Å². The highest BCUT2D eigenvalue weighted by molar-refractivity contribution is 6.00. The fourth-order valence-electron chi connectivity index (χ4n) is 2.62. The molecule has 0 aromatic heterocycles. The van der Waals surface area contributed by atoms with Crippen LogP contribution in [0.25, 0.3) is 0 Å². The van der Waals surface area contributed by atoms with Crippen molar-refractivity contribution >= 4 is 11.7 Å². The van der Waals surface area contributed by atoms with Gasteiger partial charge in [-0.05, 0) is 31.0 Å². The summed E-state index contributed by atoms with van der Waals surface area (Å²) in [5.41, 5.74) is 4.77. The van der Waals surface area contributed by atoms with Crippen LogP contribution in [-0.2, 0) is 0 Å². The summed E-state index contributed by atoms with van der Waals surface area (Å²) < 4.78 is 26.1. The smallest absolute Gasteiger partial charge is 0.252 e. The van der Waals surface area contributed by atoms with Gasteiger partial charge in [0.1, 0.15) is 5.54 Å². The lowest BCUT2D eigenvalue weighted by atomic mass is 9.80. The van der Waals surface area contributed by atoms with Crippen LogP contribution in [0.5, 0.6) is 0 Å². The van der Waals surface area contributed by atoms with Crippen molar-refractivity contribution in [3.63, 3.8) is 0 Å². The minimum absolute atomic E-state index is 0.00964. The van der Waals surface area contributed by atoms with Crippen molar-refractivity contribution in [3.05, 3.63) is 35.4 Å². The molecule has 5 nitrogen and oxygen atoms in total. The van der Waals surface area contributed by atoms with Crippen molar-refractivity contribution in [3.8, 4) is 0 Å². The van der Waals surface area contributed by atoms with Gasteiger partial charge in [-0.15, -0.1) is 0 Å². The number of nitrogens with two attached hydrogens (primary N) is 1. The Kier molecular flexibility index (Phi) is 4.40. The molecule has 0 radical (unpaired) electrons. The summed E-state index contributed by atoms with van der Waals surface area (Å²) in [7, 11) is 0. The maximum atomic E-state index is 13.2. The molecule has 0 unspecified atom stereocenters. The summed E-state index contributed by atoms with van der Waals surface area (Å²) in [5.74, 6) is -2.76. The van der Waals surface area contributed by atoms with Crippen LogP contribution < -0.4 is 11.1 Å². The second-order valence-electron chi connectivity index (χ2n) is 5.21. The zero-order valence-corrected chi connectivity index (χ0v) is 11.4. The lowest BCUT2D eigenvalue weighted by molar-refractivity contribution is 0.0905. The number of carbonyl (C=O) groups excluding carboxylic acids is 1. The summed E-state index contributed by atoms with van der Waals surface area (Å²) in [6.45, 7) is 0. The Hall–Kier alpha value is -2.18. The van der Waals surface area contributed by atoms with E-state index in [-0.39, 0.29) is 11.4 Å². The van der Waals surface area contributed by atoms with E-state index in [2.05, 4.69) is 10.5 Å². The molecule has 1 aromatic rings. The van der Waals surface area contributed by atoms with Crippen LogP contribution in [-0.4, -0.2) is 22.5 Å². The van der Waals surface area contributed by atoms with Crippen LogP contribution >= 0.6 is 0 Å². The van der Waals surface area contributed by atoms with Gasteiger partial charge in [-0.25, -0.2) is 8.78 Å². The molecule has 0 saturated heterocycles. The highest BCUT2D eigenvalue weighted by atomic mass is 19.2. The largest absolute Gasteiger partial charge is 0.409 e. The summed E-state index contributed by atoms with van der Waals surface area (Å²) in [6.07, 6.45) is 3.74. The van der Waals surface area contributed by atoms with Crippen LogP contribution in [0.4, 0.5) is 8.78 Å². The van der Waals surface area contributed by atoms with Gasteiger partial charge in [-0.1, -0.05) is 24.4 Å². The van der Waals surface area contributed by atoms with Gasteiger partial charge in [0.25, 0.3) is 5.91 Å². The van der Waals surface area contributed by atoms with E-state index >= 15 is 0 Å². The van der Waals surface area contributed by atoms with E-state index in [4.69, 9.17) is 10.9 Å². The fraction of sp³-hybridized carbons (Fsp3) is 0.429. The van der Waals surface area contributed by atoms with Crippen LogP contribution in [0.2, 0.25) is 0 Å². The molecule has 1 aliphatic carbocycles. The Morgan fingerprint density at radius 1 is 1.24 bits per heavy atom. The Morgan fingerprint density at radius 3 is 2.48 bits per heavy atom. The Bertz CT molecular complexity index is 569. The molecule has 114 valence electrons. The van der Waals surface area contributed by atoms with Gasteiger partial charge in [0, 0.05) is 5.56 Å². The molecule has 0 bridgehead atoms. The van der Waals surface area contributed by atoms with Gasteiger partial charge < -0.3 is 16.3 Å². The molecule has 4 N–H and O–H groups in total. The Labute approximate surface area is 120 Å². The standard InChI is InChI=1S/C14H17F2N3O2/c15-10-5-4-9(8-11(10)16)12(20)18-14(13(17)19-21)6-2-1-3-7-14/h4-5,8,21H,1-3,6-7H2,(H2,17,19)(H,18,20). The third-order valence-corrected chi connectivity index (χ3v) is 3.84. The first-order chi connectivity index (χ1) is 9.98. The summed E-state index contributed by atoms with van der Waals surface area (Å²) in [5, 5.41) is 14.6. The number of benzene rings is 1. The van der Waals surface area contributed by atoms with Crippen molar-refractivity contribution < 1.29 is 18.8 Å². The molecule has 1 saturated carbocycles. The number of amidine groups is 1. The van der Waals surface area contributed by atoms with Crippen LogP contribution in [0.3, 0.4) is 0 Å². The van der Waals surface area contributed by atoms with Crippen LogP contribution in [0.15, 0.2) is 23.4 Å². The maximum Gasteiger partial charge on any atom is 0.252 e. The summed E-state index contributed by atoms with van der Waals surface area (Å²) >= 11 is 0. The Morgan fingerprint density at radius 2 is 1.90 bits per heavy atom. The lowest BCUT2D eigenvalue weighted by Crippen LogP contribution is -2.58. The van der Waals surface area contributed by atoms with Gasteiger partial charge >= 0.3 is 0 Å². The normalized spacial score (nSPS) is 18.3. The van der Waals surface area contributed by atoms with E-state index < -0.39 is 23.1 Å². The quantitative estimate of drug-likeness (QED) is 0.346. The molecular weight excluding hydrogens is 280 g/mol. The number of hydrogen-bond donors (Lipinski definition) is 3. The second-order valence-corrected chi connectivity index (χ2v) is 5.21. The molecule has 0 spiro atoms. The van der Waals surface area contributed by atoms with E-state index in [1.54, 1.807) is 0 Å². The van der Waals surface area contributed by atoms with Crippen LogP contribution in [0.1, 0.15) is 42.5 Å². The molecule has 1 fully saturated rings. The average Bonchev–Trinajstić information content (AvgIpc) is 2.50. The first-order valence-electron chi connectivity index (χ1n) is 6.74. The number of amides is 1. The highest BCUT2D eigenvalue weighted by Crippen LogP contribution is 2.29. The van der Waals surface area contributed by atoms with Crippen LogP contribution in [0, 0.1) is 11.6 Å². The molecule has 1 amide bonds. The predicted octanol–water partition coefficient (Wildman–Crippen LogP) is 2.14. The van der Waals surface area contributed by atoms with Gasteiger partial charge in [-0.2, -0.15) is 0 Å². The number of nitrogens with one attached hydrogen (secondary N) is 1. The third kappa shape index (κ3) is 3.12. The zero-order chi connectivity index (χ0) is 15.5. The molecule has 0 heterocycles. The molecular formula is C14H17F2N3O2. The van der Waals surface area contributed by atoms with Gasteiger partial charge in [0.05, 0.1) is 0 Å².